The second-order valence-corrected chi connectivity index (χ2v) is 7.66. The third-order valence-electron chi connectivity index (χ3n) is 6.09. The lowest BCUT2D eigenvalue weighted by molar-refractivity contribution is 0.0473. The largest absolute Gasteiger partial charge is 0.454 e. The number of aryl methyl sites for hydroxylation is 1. The molecule has 0 radical (unpaired) electrons. The van der Waals surface area contributed by atoms with Crippen LogP contribution in [0.5, 0.6) is 0 Å². The van der Waals surface area contributed by atoms with Crippen LogP contribution in [0.4, 0.5) is 0 Å². The van der Waals surface area contributed by atoms with Crippen LogP contribution in [0.1, 0.15) is 55.0 Å². The Bertz CT molecular complexity index is 1170. The first-order chi connectivity index (χ1) is 14.3. The van der Waals surface area contributed by atoms with E-state index in [1.54, 1.807) is 6.20 Å². The number of ketones is 1. The fourth-order valence-electron chi connectivity index (χ4n) is 3.91. The lowest BCUT2D eigenvalue weighted by Crippen LogP contribution is -2.17. The van der Waals surface area contributed by atoms with Crippen molar-refractivity contribution in [1.82, 2.24) is 4.57 Å². The summed E-state index contributed by atoms with van der Waals surface area (Å²) in [6.07, 6.45) is 2.10. The average Bonchev–Trinajstić information content (AvgIpc) is 3.12. The van der Waals surface area contributed by atoms with Gasteiger partial charge in [0.2, 0.25) is 5.78 Å². The maximum Gasteiger partial charge on any atom is 0.339 e. The molecule has 0 N–H and O–H groups in total. The second-order valence-electron chi connectivity index (χ2n) is 7.66. The van der Waals surface area contributed by atoms with E-state index in [1.807, 2.05) is 63.5 Å². The van der Waals surface area contributed by atoms with E-state index in [4.69, 9.17) is 10.00 Å². The smallest absolute Gasteiger partial charge is 0.339 e. The van der Waals surface area contributed by atoms with Crippen molar-refractivity contribution in [2.45, 2.75) is 47.6 Å². The van der Waals surface area contributed by atoms with Crippen LogP contribution in [-0.4, -0.2) is 22.9 Å². The molecule has 154 valence electrons. The number of Topliss-reactive ketones (excluding diaryl/α,β-unsaturated/α-hetero) is 1. The highest BCUT2D eigenvalue weighted by atomic mass is 16.5. The van der Waals surface area contributed by atoms with E-state index in [-0.39, 0.29) is 12.4 Å². The summed E-state index contributed by atoms with van der Waals surface area (Å²) in [4.78, 5) is 25.7. The number of para-hydroxylation sites is 1. The molecule has 0 atom stereocenters. The molecule has 0 fully saturated rings. The summed E-state index contributed by atoms with van der Waals surface area (Å²) in [6, 6.07) is 9.67. The number of hydrogen-bond acceptors (Lipinski definition) is 4. The van der Waals surface area contributed by atoms with Crippen LogP contribution in [0.15, 0.2) is 30.5 Å². The summed E-state index contributed by atoms with van der Waals surface area (Å²) in [6.45, 7) is 10.0. The highest BCUT2D eigenvalue weighted by Crippen LogP contribution is 2.27. The van der Waals surface area contributed by atoms with Crippen LogP contribution in [0.25, 0.3) is 10.9 Å². The Morgan fingerprint density at radius 3 is 2.20 bits per heavy atom. The molecule has 30 heavy (non-hydrogen) atoms. The van der Waals surface area contributed by atoms with Gasteiger partial charge < -0.3 is 9.30 Å². The molecule has 0 unspecified atom stereocenters. The van der Waals surface area contributed by atoms with Gasteiger partial charge in [-0.2, -0.15) is 5.26 Å². The van der Waals surface area contributed by atoms with Gasteiger partial charge in [-0.3, -0.25) is 4.79 Å². The van der Waals surface area contributed by atoms with Crippen molar-refractivity contribution >= 4 is 22.7 Å². The molecular formula is C25H26N2O3. The van der Waals surface area contributed by atoms with E-state index in [0.717, 1.165) is 33.2 Å². The Kier molecular flexibility index (Phi) is 6.07. The second kappa shape index (κ2) is 8.54. The summed E-state index contributed by atoms with van der Waals surface area (Å²) in [5.41, 5.74) is 7.01. The van der Waals surface area contributed by atoms with E-state index >= 15 is 0 Å². The molecule has 0 amide bonds. The van der Waals surface area contributed by atoms with E-state index in [0.29, 0.717) is 24.1 Å². The van der Waals surface area contributed by atoms with E-state index < -0.39 is 5.97 Å². The minimum Gasteiger partial charge on any atom is -0.454 e. The van der Waals surface area contributed by atoms with E-state index in [1.165, 1.54) is 5.56 Å². The summed E-state index contributed by atoms with van der Waals surface area (Å²) >= 11 is 0. The molecule has 5 heteroatoms. The third-order valence-corrected chi connectivity index (χ3v) is 6.09. The van der Waals surface area contributed by atoms with Crippen molar-refractivity contribution in [3.63, 3.8) is 0 Å². The van der Waals surface area contributed by atoms with Crippen LogP contribution in [0.3, 0.4) is 0 Å². The van der Waals surface area contributed by atoms with Crippen LogP contribution < -0.4 is 0 Å². The number of nitriles is 1. The third kappa shape index (κ3) is 3.73. The Morgan fingerprint density at radius 1 is 0.967 bits per heavy atom. The van der Waals surface area contributed by atoms with Crippen LogP contribution >= 0.6 is 0 Å². The zero-order valence-corrected chi connectivity index (χ0v) is 18.1. The van der Waals surface area contributed by atoms with Crippen molar-refractivity contribution in [2.75, 3.05) is 6.61 Å². The van der Waals surface area contributed by atoms with Gasteiger partial charge in [0.05, 0.1) is 18.1 Å². The quantitative estimate of drug-likeness (QED) is 0.423. The Hall–Kier alpha value is -3.39. The molecule has 3 rings (SSSR count). The molecule has 2 aromatic carbocycles. The van der Waals surface area contributed by atoms with Gasteiger partial charge in [0, 0.05) is 29.2 Å². The molecule has 0 saturated heterocycles. The molecule has 0 aliphatic heterocycles. The van der Waals surface area contributed by atoms with Gasteiger partial charge in [-0.1, -0.05) is 18.2 Å². The molecule has 0 saturated carbocycles. The van der Waals surface area contributed by atoms with Crippen molar-refractivity contribution in [2.24, 2.45) is 0 Å². The zero-order valence-electron chi connectivity index (χ0n) is 18.1. The predicted octanol–water partition coefficient (Wildman–Crippen LogP) is 5.14. The van der Waals surface area contributed by atoms with Gasteiger partial charge in [-0.15, -0.1) is 0 Å². The summed E-state index contributed by atoms with van der Waals surface area (Å²) < 4.78 is 7.34. The molecule has 5 nitrogen and oxygen atoms in total. The molecule has 0 spiro atoms. The van der Waals surface area contributed by atoms with Crippen LogP contribution in [-0.2, 0) is 11.3 Å². The molecule has 0 aliphatic rings. The van der Waals surface area contributed by atoms with Crippen molar-refractivity contribution in [3.8, 4) is 6.07 Å². The van der Waals surface area contributed by atoms with Gasteiger partial charge in [-0.05, 0) is 68.5 Å². The van der Waals surface area contributed by atoms with Crippen LogP contribution in [0, 0.1) is 45.9 Å². The topological polar surface area (TPSA) is 72.1 Å². The maximum absolute atomic E-state index is 12.9. The number of benzene rings is 2. The summed E-state index contributed by atoms with van der Waals surface area (Å²) in [5.74, 6) is -0.733. The van der Waals surface area contributed by atoms with E-state index in [9.17, 15) is 9.59 Å². The minimum atomic E-state index is -0.474. The molecule has 0 bridgehead atoms. The average molecular weight is 402 g/mol. The number of hydrogen-bond donors (Lipinski definition) is 0. The highest BCUT2D eigenvalue weighted by molar-refractivity contribution is 6.09. The van der Waals surface area contributed by atoms with Crippen molar-refractivity contribution < 1.29 is 14.3 Å². The lowest BCUT2D eigenvalue weighted by Gasteiger charge is -2.17. The number of rotatable bonds is 6. The number of aromatic nitrogens is 1. The van der Waals surface area contributed by atoms with Gasteiger partial charge >= 0.3 is 5.97 Å². The standard InChI is InChI=1S/C25H26N2O3/c1-15-16(2)18(4)24(19(5)17(15)3)25(29)30-14-23(28)21-13-27(12-8-11-26)22-10-7-6-9-20(21)22/h6-7,9-10,13H,8,12,14H2,1-5H3. The normalized spacial score (nSPS) is 10.8. The summed E-state index contributed by atoms with van der Waals surface area (Å²) in [7, 11) is 0. The van der Waals surface area contributed by atoms with Gasteiger partial charge in [0.25, 0.3) is 0 Å². The maximum atomic E-state index is 12.9. The minimum absolute atomic E-state index is 0.258. The Morgan fingerprint density at radius 2 is 1.57 bits per heavy atom. The molecule has 3 aromatic rings. The predicted molar refractivity (Wildman–Crippen MR) is 117 cm³/mol. The fraction of sp³-hybridized carbons (Fsp3) is 0.320. The Labute approximate surface area is 176 Å². The first-order valence-electron chi connectivity index (χ1n) is 10.00. The monoisotopic (exact) mass is 402 g/mol. The first kappa shape index (κ1) is 21.3. The van der Waals surface area contributed by atoms with E-state index in [2.05, 4.69) is 6.07 Å². The van der Waals surface area contributed by atoms with Crippen LogP contribution in [0.2, 0.25) is 0 Å². The molecule has 1 aromatic heterocycles. The number of fused-ring (bicyclic) bond motifs is 1. The Balaban J connectivity index is 1.85. The van der Waals surface area contributed by atoms with Crippen molar-refractivity contribution in [3.05, 3.63) is 69.4 Å². The molecular weight excluding hydrogens is 376 g/mol. The van der Waals surface area contributed by atoms with Gasteiger partial charge in [0.1, 0.15) is 0 Å². The summed E-state index contributed by atoms with van der Waals surface area (Å²) in [5, 5.41) is 9.68. The highest BCUT2D eigenvalue weighted by Gasteiger charge is 2.22. The van der Waals surface area contributed by atoms with Gasteiger partial charge in [0.15, 0.2) is 6.61 Å². The number of nitrogens with zero attached hydrogens (tertiary/aromatic N) is 2. The number of esters is 1. The number of ether oxygens (including phenoxy) is 1. The van der Waals surface area contributed by atoms with Gasteiger partial charge in [-0.25, -0.2) is 4.79 Å². The lowest BCUT2D eigenvalue weighted by atomic mass is 9.90. The van der Waals surface area contributed by atoms with Crippen molar-refractivity contribution in [1.29, 1.82) is 5.26 Å². The zero-order chi connectivity index (χ0) is 22.0. The first-order valence-corrected chi connectivity index (χ1v) is 10.00. The number of carbonyl (C=O) groups is 2. The molecule has 0 aliphatic carbocycles. The molecule has 1 heterocycles. The number of carbonyl (C=O) groups excluding carboxylic acids is 2. The SMILES string of the molecule is Cc1c(C)c(C)c(C(=O)OCC(=O)c2cn(CCC#N)c3ccccc23)c(C)c1C. The fourth-order valence-corrected chi connectivity index (χ4v) is 3.91.